The van der Waals surface area contributed by atoms with Gasteiger partial charge in [-0.2, -0.15) is 5.10 Å². The first-order valence-corrected chi connectivity index (χ1v) is 26.3. The van der Waals surface area contributed by atoms with Crippen molar-refractivity contribution < 1.29 is 61.2 Å². The van der Waals surface area contributed by atoms with Crippen molar-refractivity contribution in [2.45, 2.75) is 44.2 Å². The van der Waals surface area contributed by atoms with Gasteiger partial charge in [-0.25, -0.2) is 8.78 Å². The van der Waals surface area contributed by atoms with Crippen molar-refractivity contribution in [3.63, 3.8) is 0 Å². The van der Waals surface area contributed by atoms with E-state index in [0.717, 1.165) is 35.1 Å². The second-order valence-corrected chi connectivity index (χ2v) is 19.3. The molecule has 23 heteroatoms. The van der Waals surface area contributed by atoms with E-state index >= 15 is 0 Å². The van der Waals surface area contributed by atoms with Gasteiger partial charge in [0, 0.05) is 93.5 Å². The van der Waals surface area contributed by atoms with E-state index in [0.29, 0.717) is 151 Å². The van der Waals surface area contributed by atoms with E-state index in [2.05, 4.69) is 46.6 Å². The number of halogens is 2. The van der Waals surface area contributed by atoms with Crippen LogP contribution in [0.2, 0.25) is 0 Å². The number of amides is 6. The number of carbonyl (C=O) groups excluding carboxylic acids is 6. The normalized spacial score (nSPS) is 17.1. The van der Waals surface area contributed by atoms with Crippen LogP contribution >= 0.6 is 0 Å². The molecule has 3 saturated heterocycles. The fourth-order valence-corrected chi connectivity index (χ4v) is 9.87. The Bertz CT molecular complexity index is 2940. The number of hydrogen-bond acceptors (Lipinski definition) is 16. The Morgan fingerprint density at radius 2 is 1.44 bits per heavy atom. The Kier molecular flexibility index (Phi) is 19.0. The minimum Gasteiger partial charge on any atom is -0.382 e. The second kappa shape index (κ2) is 26.8. The molecule has 9 rings (SSSR count). The van der Waals surface area contributed by atoms with Gasteiger partial charge in [-0.3, -0.25) is 49.0 Å². The summed E-state index contributed by atoms with van der Waals surface area (Å²) in [5.74, 6) is -3.61. The van der Waals surface area contributed by atoms with Crippen LogP contribution in [0.4, 0.5) is 31.7 Å². The number of fused-ring (bicyclic) bond motifs is 2. The minimum absolute atomic E-state index is 0.0482. The zero-order chi connectivity index (χ0) is 54.4. The zero-order valence-electron chi connectivity index (χ0n) is 43.2. The van der Waals surface area contributed by atoms with Crippen LogP contribution in [0.5, 0.6) is 0 Å². The summed E-state index contributed by atoms with van der Waals surface area (Å²) in [4.78, 5) is 82.4. The van der Waals surface area contributed by atoms with Gasteiger partial charge in [0.25, 0.3) is 17.7 Å². The predicted molar refractivity (Wildman–Crippen MR) is 284 cm³/mol. The molecule has 1 unspecified atom stereocenters. The molecule has 4 aromatic carbocycles. The lowest BCUT2D eigenvalue weighted by Gasteiger charge is -2.36. The van der Waals surface area contributed by atoms with Crippen LogP contribution in [0, 0.1) is 11.6 Å². The van der Waals surface area contributed by atoms with Crippen LogP contribution < -0.4 is 31.5 Å². The zero-order valence-corrected chi connectivity index (χ0v) is 43.2. The molecule has 414 valence electrons. The first-order chi connectivity index (χ1) is 38.0. The van der Waals surface area contributed by atoms with Crippen LogP contribution in [0.3, 0.4) is 0 Å². The lowest BCUT2D eigenvalue weighted by molar-refractivity contribution is -0.136. The van der Waals surface area contributed by atoms with Crippen molar-refractivity contribution in [2.24, 2.45) is 0 Å². The molecule has 5 heterocycles. The van der Waals surface area contributed by atoms with Crippen LogP contribution in [0.15, 0.2) is 72.8 Å². The molecule has 4 aliphatic rings. The fourth-order valence-electron chi connectivity index (χ4n) is 9.87. The molecule has 3 fully saturated rings. The molecule has 5 aromatic rings. The number of carbonyl (C=O) groups is 6. The summed E-state index contributed by atoms with van der Waals surface area (Å²) in [5.41, 5.74) is 4.93. The molecule has 0 saturated carbocycles. The highest BCUT2D eigenvalue weighted by Crippen LogP contribution is 2.33. The van der Waals surface area contributed by atoms with Crippen molar-refractivity contribution >= 4 is 69.2 Å². The number of ether oxygens (including phenoxy) is 5. The third-order valence-corrected chi connectivity index (χ3v) is 13.8. The molecule has 6 amide bonds. The molecule has 6 N–H and O–H groups in total. The van der Waals surface area contributed by atoms with Crippen LogP contribution in [0.25, 0.3) is 10.9 Å². The van der Waals surface area contributed by atoms with Gasteiger partial charge < -0.3 is 49.9 Å². The molecular formula is C55H64F2N10O11. The summed E-state index contributed by atoms with van der Waals surface area (Å²) >= 11 is 0. The maximum Gasteiger partial charge on any atom is 0.264 e. The highest BCUT2D eigenvalue weighted by molar-refractivity contribution is 6.25. The Labute approximate surface area is 449 Å². The number of aromatic amines is 1. The van der Waals surface area contributed by atoms with Crippen LogP contribution in [-0.2, 0) is 44.5 Å². The molecular weight excluding hydrogens is 1010 g/mol. The Morgan fingerprint density at radius 1 is 0.731 bits per heavy atom. The first-order valence-electron chi connectivity index (χ1n) is 26.3. The van der Waals surface area contributed by atoms with Crippen molar-refractivity contribution in [1.82, 2.24) is 30.6 Å². The molecule has 4 aliphatic heterocycles. The number of H-pyrrole nitrogens is 1. The van der Waals surface area contributed by atoms with Gasteiger partial charge in [-0.15, -0.1) is 0 Å². The Balaban J connectivity index is 0.623. The number of piperazine rings is 1. The number of benzene rings is 4. The molecule has 1 atom stereocenters. The minimum atomic E-state index is -1.03. The number of nitrogens with one attached hydrogen (secondary N) is 6. The third-order valence-electron chi connectivity index (χ3n) is 13.8. The fraction of sp³-hybridized carbons (Fsp3) is 0.436. The predicted octanol–water partition coefficient (Wildman–Crippen LogP) is 4.09. The van der Waals surface area contributed by atoms with Crippen LogP contribution in [0.1, 0.15) is 67.9 Å². The van der Waals surface area contributed by atoms with Gasteiger partial charge in [0.15, 0.2) is 5.82 Å². The van der Waals surface area contributed by atoms with E-state index in [9.17, 15) is 37.5 Å². The summed E-state index contributed by atoms with van der Waals surface area (Å²) < 4.78 is 55.8. The van der Waals surface area contributed by atoms with E-state index in [-0.39, 0.29) is 48.4 Å². The SMILES string of the molecule is O=C(CN1CCN(c2ccc(C(=O)Nc3n[nH]c4ccc(Cc5cc(F)cc(F)c5)cc34)c(NC3CCOCC3)c2)CC1)NCCOCCOCCOCCOCCNc1cccc2c1C(=O)N(C1CCC(=O)NC1=O)C2=O. The van der Waals surface area contributed by atoms with Crippen molar-refractivity contribution in [3.8, 4) is 0 Å². The van der Waals surface area contributed by atoms with Gasteiger partial charge in [-0.1, -0.05) is 12.1 Å². The smallest absolute Gasteiger partial charge is 0.264 e. The summed E-state index contributed by atoms with van der Waals surface area (Å²) in [5, 5.41) is 22.9. The second-order valence-electron chi connectivity index (χ2n) is 19.3. The average molecular weight is 1080 g/mol. The third kappa shape index (κ3) is 14.4. The number of imide groups is 2. The van der Waals surface area contributed by atoms with Gasteiger partial charge in [0.2, 0.25) is 17.7 Å². The maximum absolute atomic E-state index is 14.0. The quantitative estimate of drug-likeness (QED) is 0.0337. The largest absolute Gasteiger partial charge is 0.382 e. The van der Waals surface area contributed by atoms with E-state index in [1.165, 1.54) is 12.1 Å². The molecule has 78 heavy (non-hydrogen) atoms. The molecule has 0 radical (unpaired) electrons. The summed E-state index contributed by atoms with van der Waals surface area (Å²) in [6.07, 6.45) is 2.02. The number of aromatic nitrogens is 2. The maximum atomic E-state index is 14.0. The summed E-state index contributed by atoms with van der Waals surface area (Å²) in [6.45, 7) is 7.73. The first kappa shape index (κ1) is 55.3. The topological polar surface area (TPSA) is 247 Å². The van der Waals surface area contributed by atoms with E-state index in [1.807, 2.05) is 36.4 Å². The molecule has 0 aliphatic carbocycles. The summed E-state index contributed by atoms with van der Waals surface area (Å²) in [6, 6.07) is 18.7. The van der Waals surface area contributed by atoms with E-state index in [4.69, 9.17) is 23.7 Å². The number of rotatable bonds is 26. The van der Waals surface area contributed by atoms with Gasteiger partial charge in [0.05, 0.1) is 81.6 Å². The molecule has 0 bridgehead atoms. The van der Waals surface area contributed by atoms with E-state index < -0.39 is 41.3 Å². The van der Waals surface area contributed by atoms with Gasteiger partial charge >= 0.3 is 0 Å². The van der Waals surface area contributed by atoms with Crippen molar-refractivity contribution in [2.75, 3.05) is 133 Å². The monoisotopic (exact) mass is 1080 g/mol. The highest BCUT2D eigenvalue weighted by Gasteiger charge is 2.45. The standard InChI is InChI=1S/C55H64F2N10O11/c56-37-29-36(30-38(57)32-37)28-35-4-7-44-43(31-35)51(64-63-44)62-52(70)41-6-5-40(33-46(41)60-39-10-18-74-19-11-39)66-16-14-65(15-17-66)34-49(69)59-13-21-76-23-25-78-27-26-77-24-22-75-20-12-58-45-3-1-2-42-50(45)55(73)67(54(42)72)47-8-9-48(68)61-53(47)71/h1-7,29-33,39,47,58,60H,8-28,34H2,(H,59,69)(H,61,68,71)(H2,62,63,64,70). The van der Waals surface area contributed by atoms with Gasteiger partial charge in [0.1, 0.15) is 17.7 Å². The average Bonchev–Trinajstić information content (AvgIpc) is 4.15. The Hall–Kier alpha value is -7.41. The van der Waals surface area contributed by atoms with Crippen molar-refractivity contribution in [1.29, 1.82) is 0 Å². The molecule has 0 spiro atoms. The molecule has 1 aromatic heterocycles. The number of piperidine rings is 1. The van der Waals surface area contributed by atoms with E-state index in [1.54, 1.807) is 18.2 Å². The molecule has 21 nitrogen and oxygen atoms in total. The number of hydrogen-bond donors (Lipinski definition) is 6. The van der Waals surface area contributed by atoms with Gasteiger partial charge in [-0.05, 0) is 91.4 Å². The highest BCUT2D eigenvalue weighted by atomic mass is 19.1. The Morgan fingerprint density at radius 3 is 2.15 bits per heavy atom. The number of anilines is 4. The van der Waals surface area contributed by atoms with Crippen LogP contribution in [-0.4, -0.2) is 179 Å². The van der Waals surface area contributed by atoms with Crippen molar-refractivity contribution in [3.05, 3.63) is 112 Å². The summed E-state index contributed by atoms with van der Waals surface area (Å²) in [7, 11) is 0. The number of nitrogens with zero attached hydrogens (tertiary/aromatic N) is 4. The lowest BCUT2D eigenvalue weighted by Crippen LogP contribution is -2.54. The lowest BCUT2D eigenvalue weighted by atomic mass is 10.0.